The minimum absolute atomic E-state index is 0.0700. The Balaban J connectivity index is 1.97. The van der Waals surface area contributed by atoms with Crippen LogP contribution in [-0.4, -0.2) is 13.1 Å². The molecule has 2 N–H and O–H groups in total. The maximum Gasteiger partial charge on any atom is 0.125 e. The molecule has 3 rings (SSSR count). The summed E-state index contributed by atoms with van der Waals surface area (Å²) in [6.07, 6.45) is 0.936. The van der Waals surface area contributed by atoms with Gasteiger partial charge in [0, 0.05) is 29.0 Å². The first-order chi connectivity index (χ1) is 9.19. The van der Waals surface area contributed by atoms with Crippen LogP contribution in [0.15, 0.2) is 29.6 Å². The minimum atomic E-state index is -0.203. The van der Waals surface area contributed by atoms with E-state index in [4.69, 9.17) is 17.3 Å². The number of hydrogen-bond donors (Lipinski definition) is 1. The van der Waals surface area contributed by atoms with Gasteiger partial charge in [-0.05, 0) is 30.2 Å². The van der Waals surface area contributed by atoms with Crippen LogP contribution < -0.4 is 10.6 Å². The van der Waals surface area contributed by atoms with Gasteiger partial charge >= 0.3 is 0 Å². The van der Waals surface area contributed by atoms with Gasteiger partial charge in [-0.15, -0.1) is 11.3 Å². The standard InChI is InChI=1S/C14H14ClFN2S/c15-10-5-14(19-8-10)13(7-17)18-4-3-9-1-2-11(16)6-12(9)18/h1-2,5-6,8,13H,3-4,7,17H2. The van der Waals surface area contributed by atoms with Gasteiger partial charge in [0.05, 0.1) is 11.1 Å². The quantitative estimate of drug-likeness (QED) is 0.937. The zero-order chi connectivity index (χ0) is 13.4. The zero-order valence-electron chi connectivity index (χ0n) is 10.3. The number of nitrogens with zero attached hydrogens (tertiary/aromatic N) is 1. The third kappa shape index (κ3) is 2.36. The highest BCUT2D eigenvalue weighted by molar-refractivity contribution is 7.10. The fourth-order valence-corrected chi connectivity index (χ4v) is 3.81. The molecule has 1 aliphatic heterocycles. The highest BCUT2D eigenvalue weighted by Crippen LogP contribution is 2.37. The monoisotopic (exact) mass is 296 g/mol. The number of rotatable bonds is 3. The van der Waals surface area contributed by atoms with Crippen LogP contribution in [0.25, 0.3) is 0 Å². The van der Waals surface area contributed by atoms with E-state index in [9.17, 15) is 4.39 Å². The van der Waals surface area contributed by atoms with Crippen LogP contribution in [0.3, 0.4) is 0 Å². The van der Waals surface area contributed by atoms with Gasteiger partial charge < -0.3 is 10.6 Å². The van der Waals surface area contributed by atoms with Crippen molar-refractivity contribution in [1.29, 1.82) is 0 Å². The van der Waals surface area contributed by atoms with Crippen molar-refractivity contribution in [2.75, 3.05) is 18.0 Å². The van der Waals surface area contributed by atoms with Gasteiger partial charge in [-0.1, -0.05) is 17.7 Å². The number of thiophene rings is 1. The highest BCUT2D eigenvalue weighted by Gasteiger charge is 2.27. The van der Waals surface area contributed by atoms with Crippen LogP contribution in [0.2, 0.25) is 5.02 Å². The van der Waals surface area contributed by atoms with Crippen molar-refractivity contribution >= 4 is 28.6 Å². The lowest BCUT2D eigenvalue weighted by atomic mass is 10.1. The molecule has 2 aromatic rings. The van der Waals surface area contributed by atoms with Gasteiger partial charge in [0.25, 0.3) is 0 Å². The van der Waals surface area contributed by atoms with Crippen LogP contribution in [0.1, 0.15) is 16.5 Å². The molecule has 100 valence electrons. The summed E-state index contributed by atoms with van der Waals surface area (Å²) < 4.78 is 13.4. The average Bonchev–Trinajstić information content (AvgIpc) is 2.98. The number of anilines is 1. The van der Waals surface area contributed by atoms with Crippen LogP contribution in [0.4, 0.5) is 10.1 Å². The molecule has 1 aromatic heterocycles. The molecule has 2 heterocycles. The lowest BCUT2D eigenvalue weighted by molar-refractivity contribution is 0.623. The number of hydrogen-bond acceptors (Lipinski definition) is 3. The molecule has 0 bridgehead atoms. The van der Waals surface area contributed by atoms with Gasteiger partial charge in [-0.2, -0.15) is 0 Å². The summed E-state index contributed by atoms with van der Waals surface area (Å²) in [6.45, 7) is 1.36. The predicted molar refractivity (Wildman–Crippen MR) is 78.6 cm³/mol. The van der Waals surface area contributed by atoms with Gasteiger partial charge in [0.2, 0.25) is 0 Å². The van der Waals surface area contributed by atoms with Crippen molar-refractivity contribution in [3.05, 3.63) is 50.9 Å². The normalized spacial score (nSPS) is 15.6. The highest BCUT2D eigenvalue weighted by atomic mass is 35.5. The van der Waals surface area contributed by atoms with Crippen molar-refractivity contribution in [2.24, 2.45) is 5.73 Å². The topological polar surface area (TPSA) is 29.3 Å². The Labute approximate surface area is 120 Å². The van der Waals surface area contributed by atoms with E-state index in [-0.39, 0.29) is 11.9 Å². The van der Waals surface area contributed by atoms with Gasteiger partial charge in [-0.25, -0.2) is 4.39 Å². The fourth-order valence-electron chi connectivity index (χ4n) is 2.60. The molecule has 2 nitrogen and oxygen atoms in total. The van der Waals surface area contributed by atoms with Crippen LogP contribution in [0.5, 0.6) is 0 Å². The van der Waals surface area contributed by atoms with Crippen LogP contribution in [-0.2, 0) is 6.42 Å². The Morgan fingerprint density at radius 3 is 2.95 bits per heavy atom. The first-order valence-electron chi connectivity index (χ1n) is 6.18. The van der Waals surface area contributed by atoms with E-state index in [0.717, 1.165) is 28.6 Å². The third-order valence-electron chi connectivity index (χ3n) is 3.49. The van der Waals surface area contributed by atoms with Crippen molar-refractivity contribution in [3.63, 3.8) is 0 Å². The molecule has 0 fully saturated rings. The molecule has 1 atom stereocenters. The molecule has 0 saturated carbocycles. The molecule has 5 heteroatoms. The summed E-state index contributed by atoms with van der Waals surface area (Å²) in [7, 11) is 0. The van der Waals surface area contributed by atoms with Gasteiger partial charge in [-0.3, -0.25) is 0 Å². The lowest BCUT2D eigenvalue weighted by Crippen LogP contribution is -2.31. The van der Waals surface area contributed by atoms with E-state index in [2.05, 4.69) is 4.90 Å². The summed E-state index contributed by atoms with van der Waals surface area (Å²) in [4.78, 5) is 3.31. The fraction of sp³-hybridized carbons (Fsp3) is 0.286. The SMILES string of the molecule is NCC(c1cc(Cl)cs1)N1CCc2ccc(F)cc21. The van der Waals surface area contributed by atoms with E-state index in [1.54, 1.807) is 17.4 Å². The van der Waals surface area contributed by atoms with E-state index in [0.29, 0.717) is 6.54 Å². The molecule has 1 aromatic carbocycles. The largest absolute Gasteiger partial charge is 0.362 e. The molecule has 1 unspecified atom stereocenters. The Bertz CT molecular complexity index is 599. The van der Waals surface area contributed by atoms with Gasteiger partial charge in [0.1, 0.15) is 5.82 Å². The molecule has 0 aliphatic carbocycles. The zero-order valence-corrected chi connectivity index (χ0v) is 11.8. The molecule has 0 amide bonds. The predicted octanol–water partition coefficient (Wildman–Crippen LogP) is 3.60. The number of nitrogens with two attached hydrogens (primary N) is 1. The molecule has 19 heavy (non-hydrogen) atoms. The van der Waals surface area contributed by atoms with E-state index < -0.39 is 0 Å². The molecule has 0 spiro atoms. The van der Waals surface area contributed by atoms with Crippen molar-refractivity contribution in [3.8, 4) is 0 Å². The second kappa shape index (κ2) is 5.12. The molecule has 0 saturated heterocycles. The minimum Gasteiger partial charge on any atom is -0.362 e. The van der Waals surface area contributed by atoms with Crippen LogP contribution in [0, 0.1) is 5.82 Å². The van der Waals surface area contributed by atoms with Crippen molar-refractivity contribution in [2.45, 2.75) is 12.5 Å². The smallest absolute Gasteiger partial charge is 0.125 e. The van der Waals surface area contributed by atoms with Crippen molar-refractivity contribution in [1.82, 2.24) is 0 Å². The average molecular weight is 297 g/mol. The Morgan fingerprint density at radius 1 is 1.42 bits per heavy atom. The summed E-state index contributed by atoms with van der Waals surface area (Å²) in [6, 6.07) is 6.99. The Morgan fingerprint density at radius 2 is 2.26 bits per heavy atom. The molecular formula is C14H14ClFN2S. The summed E-state index contributed by atoms with van der Waals surface area (Å²) in [5, 5.41) is 2.64. The Kier molecular flexibility index (Phi) is 3.48. The summed E-state index contributed by atoms with van der Waals surface area (Å²) >= 11 is 7.59. The lowest BCUT2D eigenvalue weighted by Gasteiger charge is -2.28. The number of fused-ring (bicyclic) bond motifs is 1. The second-order valence-electron chi connectivity index (χ2n) is 4.64. The number of benzene rings is 1. The Hall–Kier alpha value is -1.10. The number of halogens is 2. The van der Waals surface area contributed by atoms with Crippen LogP contribution >= 0.6 is 22.9 Å². The van der Waals surface area contributed by atoms with Gasteiger partial charge in [0.15, 0.2) is 0 Å². The third-order valence-corrected chi connectivity index (χ3v) is 4.88. The summed E-state index contributed by atoms with van der Waals surface area (Å²) in [5.41, 5.74) is 8.06. The van der Waals surface area contributed by atoms with E-state index >= 15 is 0 Å². The molecule has 0 radical (unpaired) electrons. The molecule has 1 aliphatic rings. The van der Waals surface area contributed by atoms with Crippen molar-refractivity contribution < 1.29 is 4.39 Å². The first kappa shape index (κ1) is 12.9. The maximum atomic E-state index is 13.4. The first-order valence-corrected chi connectivity index (χ1v) is 7.44. The van der Waals surface area contributed by atoms with E-state index in [1.807, 2.05) is 17.5 Å². The van der Waals surface area contributed by atoms with E-state index in [1.165, 1.54) is 11.6 Å². The maximum absolute atomic E-state index is 13.4. The second-order valence-corrected chi connectivity index (χ2v) is 6.01. The summed E-state index contributed by atoms with van der Waals surface area (Å²) in [5.74, 6) is -0.203. The molecular weight excluding hydrogens is 283 g/mol.